The Morgan fingerprint density at radius 1 is 1.05 bits per heavy atom. The van der Waals surface area contributed by atoms with E-state index in [9.17, 15) is 18.8 Å². The number of rotatable bonds is 6. The van der Waals surface area contributed by atoms with E-state index in [1.54, 1.807) is 0 Å². The molecule has 0 saturated carbocycles. The molecule has 2 aliphatic rings. The number of amides is 1. The van der Waals surface area contributed by atoms with Crippen molar-refractivity contribution in [3.63, 3.8) is 0 Å². The number of piperidine rings is 1. The maximum atomic E-state index is 13.9. The van der Waals surface area contributed by atoms with Gasteiger partial charge in [0.15, 0.2) is 0 Å². The zero-order chi connectivity index (χ0) is 28.9. The number of carboxylic acid groups (broad SMARTS) is 2. The summed E-state index contributed by atoms with van der Waals surface area (Å²) in [6, 6.07) is 18.9. The van der Waals surface area contributed by atoms with E-state index < -0.39 is 11.9 Å². The second-order valence-electron chi connectivity index (χ2n) is 10.2. The number of halogens is 2. The topological polar surface area (TPSA) is 107 Å². The average molecular weight is 567 g/mol. The van der Waals surface area contributed by atoms with Gasteiger partial charge in [-0.3, -0.25) is 4.79 Å². The summed E-state index contributed by atoms with van der Waals surface area (Å²) in [5.41, 5.74) is 1.92. The molecule has 0 aliphatic carbocycles. The Kier molecular flexibility index (Phi) is 9.22. The lowest BCUT2D eigenvalue weighted by Gasteiger charge is -2.42. The zero-order valence-electron chi connectivity index (χ0n) is 22.1. The van der Waals surface area contributed by atoms with Gasteiger partial charge in [-0.25, -0.2) is 14.0 Å². The van der Waals surface area contributed by atoms with Gasteiger partial charge in [-0.1, -0.05) is 48.0 Å². The number of benzene rings is 3. The van der Waals surface area contributed by atoms with Crippen molar-refractivity contribution >= 4 is 40.2 Å². The second-order valence-corrected chi connectivity index (χ2v) is 10.6. The lowest BCUT2D eigenvalue weighted by Crippen LogP contribution is -2.48. The molecule has 3 aromatic rings. The summed E-state index contributed by atoms with van der Waals surface area (Å²) >= 11 is 6.44. The van der Waals surface area contributed by atoms with Crippen LogP contribution in [0.2, 0.25) is 5.02 Å². The highest BCUT2D eigenvalue weighted by Gasteiger charge is 2.49. The lowest BCUT2D eigenvalue weighted by molar-refractivity contribution is -0.135. The largest absolute Gasteiger partial charge is 0.478 e. The Labute approximate surface area is 237 Å². The number of fused-ring (bicyclic) bond motifs is 1. The summed E-state index contributed by atoms with van der Waals surface area (Å²) in [5.74, 6) is -2.64. The molecule has 2 heterocycles. The fraction of sp³-hybridized carbons (Fsp3) is 0.323. The normalized spacial score (nSPS) is 19.3. The van der Waals surface area contributed by atoms with Crippen molar-refractivity contribution < 1.29 is 29.0 Å². The van der Waals surface area contributed by atoms with Crippen LogP contribution >= 0.6 is 11.6 Å². The SMILES string of the molecule is C[C@@H](c1cc(Cl)cc2ccccc12)N1CCC(C2(c3ccc(F)cc3)CCNCC2)C1=O.O=C(O)/C=C/C(=O)O. The Morgan fingerprint density at radius 3 is 2.30 bits per heavy atom. The highest BCUT2D eigenvalue weighted by Crippen LogP contribution is 2.47. The van der Waals surface area contributed by atoms with E-state index in [1.165, 1.54) is 12.1 Å². The number of nitrogens with one attached hydrogen (secondary N) is 1. The first kappa shape index (κ1) is 29.2. The fourth-order valence-corrected chi connectivity index (χ4v) is 6.29. The van der Waals surface area contributed by atoms with Crippen molar-refractivity contribution in [1.29, 1.82) is 0 Å². The molecular formula is C31H32ClFN2O5. The first-order chi connectivity index (χ1) is 19.1. The van der Waals surface area contributed by atoms with Crippen LogP contribution in [0, 0.1) is 11.7 Å². The Bertz CT molecular complexity index is 1400. The average Bonchev–Trinajstić information content (AvgIpc) is 3.33. The molecule has 3 N–H and O–H groups in total. The van der Waals surface area contributed by atoms with Crippen molar-refractivity contribution in [2.24, 2.45) is 5.92 Å². The standard InChI is InChI=1S/C27H28ClFN2O.C4H4O4/c1-18(24-17-21(28)16-19-4-2-3-5-23(19)24)31-15-10-25(26(31)32)27(11-13-30-14-12-27)20-6-8-22(29)9-7-20;5-3(6)1-2-4(7)8/h2-9,16-18,25,30H,10-15H2,1H3;1-2H,(H,5,6)(H,7,8)/b;2-1+/t18-,25?;/m0./s1. The highest BCUT2D eigenvalue weighted by molar-refractivity contribution is 6.31. The van der Waals surface area contributed by atoms with E-state index in [4.69, 9.17) is 21.8 Å². The van der Waals surface area contributed by atoms with E-state index in [-0.39, 0.29) is 29.1 Å². The molecule has 0 spiro atoms. The number of aliphatic carboxylic acids is 2. The first-order valence-corrected chi connectivity index (χ1v) is 13.6. The number of carbonyl (C=O) groups is 3. The van der Waals surface area contributed by atoms with E-state index in [2.05, 4.69) is 24.4 Å². The number of likely N-dealkylation sites (tertiary alicyclic amines) is 1. The molecule has 5 rings (SSSR count). The quantitative estimate of drug-likeness (QED) is 0.337. The Hall–Kier alpha value is -3.75. The molecule has 2 aliphatic heterocycles. The predicted molar refractivity (Wildman–Crippen MR) is 152 cm³/mol. The summed E-state index contributed by atoms with van der Waals surface area (Å²) in [5, 5.41) is 22.0. The van der Waals surface area contributed by atoms with Gasteiger partial charge in [0.2, 0.25) is 5.91 Å². The van der Waals surface area contributed by atoms with Gasteiger partial charge in [0, 0.05) is 35.1 Å². The number of hydrogen-bond acceptors (Lipinski definition) is 4. The third kappa shape index (κ3) is 6.35. The minimum absolute atomic E-state index is 0.0666. The zero-order valence-corrected chi connectivity index (χ0v) is 22.9. The Balaban J connectivity index is 0.000000406. The summed E-state index contributed by atoms with van der Waals surface area (Å²) in [6.07, 6.45) is 3.71. The van der Waals surface area contributed by atoms with Crippen LogP contribution in [0.1, 0.15) is 43.4 Å². The van der Waals surface area contributed by atoms with Crippen LogP contribution in [-0.4, -0.2) is 52.6 Å². The molecule has 40 heavy (non-hydrogen) atoms. The van der Waals surface area contributed by atoms with Gasteiger partial charge < -0.3 is 20.4 Å². The summed E-state index contributed by atoms with van der Waals surface area (Å²) < 4.78 is 13.7. The van der Waals surface area contributed by atoms with Crippen LogP contribution in [0.15, 0.2) is 72.8 Å². The minimum Gasteiger partial charge on any atom is -0.478 e. The number of carboxylic acids is 2. The maximum Gasteiger partial charge on any atom is 0.328 e. The second kappa shape index (κ2) is 12.6. The molecule has 9 heteroatoms. The summed E-state index contributed by atoms with van der Waals surface area (Å²) in [6.45, 7) is 4.57. The molecule has 2 atom stereocenters. The molecule has 2 fully saturated rings. The van der Waals surface area contributed by atoms with Crippen molar-refractivity contribution in [1.82, 2.24) is 10.2 Å². The summed E-state index contributed by atoms with van der Waals surface area (Å²) in [4.78, 5) is 35.0. The monoisotopic (exact) mass is 566 g/mol. The number of nitrogens with zero attached hydrogens (tertiary/aromatic N) is 1. The molecule has 1 amide bonds. The van der Waals surface area contributed by atoms with Crippen LogP contribution < -0.4 is 5.32 Å². The van der Waals surface area contributed by atoms with Crippen LogP contribution in [0.3, 0.4) is 0 Å². The molecule has 7 nitrogen and oxygen atoms in total. The third-order valence-corrected chi connectivity index (χ3v) is 8.18. The van der Waals surface area contributed by atoms with Gasteiger partial charge in [0.05, 0.1) is 6.04 Å². The van der Waals surface area contributed by atoms with Gasteiger partial charge in [0.25, 0.3) is 0 Å². The van der Waals surface area contributed by atoms with E-state index in [1.807, 2.05) is 41.3 Å². The maximum absolute atomic E-state index is 13.9. The third-order valence-electron chi connectivity index (χ3n) is 7.97. The minimum atomic E-state index is -1.26. The van der Waals surface area contributed by atoms with Gasteiger partial charge >= 0.3 is 11.9 Å². The van der Waals surface area contributed by atoms with Gasteiger partial charge in [0.1, 0.15) is 5.82 Å². The molecule has 210 valence electrons. The van der Waals surface area contributed by atoms with Gasteiger partial charge in [-0.05, 0) is 85.4 Å². The molecule has 2 saturated heterocycles. The predicted octanol–water partition coefficient (Wildman–Crippen LogP) is 5.58. The first-order valence-electron chi connectivity index (χ1n) is 13.2. The van der Waals surface area contributed by atoms with Crippen molar-refractivity contribution in [2.45, 2.75) is 37.6 Å². The van der Waals surface area contributed by atoms with Crippen LogP contribution in [0.25, 0.3) is 10.8 Å². The molecule has 0 bridgehead atoms. The van der Waals surface area contributed by atoms with Gasteiger partial charge in [-0.2, -0.15) is 0 Å². The van der Waals surface area contributed by atoms with Gasteiger partial charge in [-0.15, -0.1) is 0 Å². The van der Waals surface area contributed by atoms with Crippen LogP contribution in [-0.2, 0) is 19.8 Å². The van der Waals surface area contributed by atoms with E-state index in [0.29, 0.717) is 17.2 Å². The van der Waals surface area contributed by atoms with Crippen LogP contribution in [0.4, 0.5) is 4.39 Å². The van der Waals surface area contributed by atoms with Crippen molar-refractivity contribution in [3.05, 3.63) is 94.8 Å². The number of hydrogen-bond donors (Lipinski definition) is 3. The molecule has 3 aromatic carbocycles. The molecular weight excluding hydrogens is 535 g/mol. The highest BCUT2D eigenvalue weighted by atomic mass is 35.5. The van der Waals surface area contributed by atoms with Crippen LogP contribution in [0.5, 0.6) is 0 Å². The van der Waals surface area contributed by atoms with E-state index >= 15 is 0 Å². The lowest BCUT2D eigenvalue weighted by atomic mass is 9.64. The molecule has 0 radical (unpaired) electrons. The fourth-order valence-electron chi connectivity index (χ4n) is 6.05. The van der Waals surface area contributed by atoms with E-state index in [0.717, 1.165) is 60.8 Å². The van der Waals surface area contributed by atoms with Crippen molar-refractivity contribution in [2.75, 3.05) is 19.6 Å². The summed E-state index contributed by atoms with van der Waals surface area (Å²) in [7, 11) is 0. The molecule has 1 unspecified atom stereocenters. The molecule has 0 aromatic heterocycles. The number of carbonyl (C=O) groups excluding carboxylic acids is 1. The Morgan fingerprint density at radius 2 is 1.68 bits per heavy atom. The van der Waals surface area contributed by atoms with Crippen molar-refractivity contribution in [3.8, 4) is 0 Å². The smallest absolute Gasteiger partial charge is 0.328 e.